The summed E-state index contributed by atoms with van der Waals surface area (Å²) in [5, 5.41) is 2.17. The average molecular weight is 192 g/mol. The molecule has 5 nitrogen and oxygen atoms in total. The molecule has 2 amide bonds. The van der Waals surface area contributed by atoms with Gasteiger partial charge in [0.15, 0.2) is 0 Å². The molecule has 72 valence electrons. The number of carbonyl (C=O) groups excluding carboxylic acids is 2. The van der Waals surface area contributed by atoms with Gasteiger partial charge in [0, 0.05) is 0 Å². The van der Waals surface area contributed by atoms with Gasteiger partial charge in [0.25, 0.3) is 11.8 Å². The quantitative estimate of drug-likeness (QED) is 0.490. The zero-order valence-electron chi connectivity index (χ0n) is 7.46. The van der Waals surface area contributed by atoms with Crippen molar-refractivity contribution < 1.29 is 14.3 Å². The number of benzene rings is 1. The fourth-order valence-electron chi connectivity index (χ4n) is 1.39. The largest absolute Gasteiger partial charge is 0.495 e. The molecule has 0 radical (unpaired) electrons. The minimum atomic E-state index is -0.417. The number of fused-ring (bicyclic) bond motifs is 1. The zero-order chi connectivity index (χ0) is 10.3. The van der Waals surface area contributed by atoms with E-state index in [0.29, 0.717) is 22.6 Å². The molecule has 1 aromatic carbocycles. The van der Waals surface area contributed by atoms with Gasteiger partial charge < -0.3 is 10.5 Å². The summed E-state index contributed by atoms with van der Waals surface area (Å²) < 4.78 is 4.94. The summed E-state index contributed by atoms with van der Waals surface area (Å²) in [4.78, 5) is 22.4. The molecule has 1 aliphatic heterocycles. The van der Waals surface area contributed by atoms with Gasteiger partial charge in [-0.2, -0.15) is 0 Å². The summed E-state index contributed by atoms with van der Waals surface area (Å²) in [7, 11) is 1.45. The van der Waals surface area contributed by atoms with Crippen LogP contribution < -0.4 is 15.8 Å². The second kappa shape index (κ2) is 2.73. The number of nitrogens with one attached hydrogen (secondary N) is 1. The Balaban J connectivity index is 2.65. The van der Waals surface area contributed by atoms with Crippen molar-refractivity contribution in [3.8, 4) is 5.75 Å². The fourth-order valence-corrected chi connectivity index (χ4v) is 1.39. The van der Waals surface area contributed by atoms with Crippen LogP contribution in [0.25, 0.3) is 0 Å². The van der Waals surface area contributed by atoms with Crippen molar-refractivity contribution in [3.63, 3.8) is 0 Å². The molecule has 2 rings (SSSR count). The summed E-state index contributed by atoms with van der Waals surface area (Å²) in [5.74, 6) is -0.434. The number of nitrogens with two attached hydrogens (primary N) is 1. The number of anilines is 1. The maximum absolute atomic E-state index is 11.2. The zero-order valence-corrected chi connectivity index (χ0v) is 7.46. The van der Waals surface area contributed by atoms with E-state index in [-0.39, 0.29) is 0 Å². The molecule has 0 bridgehead atoms. The minimum absolute atomic E-state index is 0.299. The van der Waals surface area contributed by atoms with E-state index in [1.807, 2.05) is 0 Å². The lowest BCUT2D eigenvalue weighted by Gasteiger charge is -2.04. The predicted octanol–water partition coefficient (Wildman–Crippen LogP) is 0.161. The Morgan fingerprint density at radius 3 is 2.36 bits per heavy atom. The van der Waals surface area contributed by atoms with E-state index in [1.54, 1.807) is 0 Å². The molecule has 0 saturated heterocycles. The maximum atomic E-state index is 11.2. The van der Waals surface area contributed by atoms with E-state index in [9.17, 15) is 9.59 Å². The van der Waals surface area contributed by atoms with Crippen molar-refractivity contribution in [2.75, 3.05) is 12.8 Å². The van der Waals surface area contributed by atoms with Crippen LogP contribution in [0.5, 0.6) is 5.75 Å². The number of carbonyl (C=O) groups is 2. The molecule has 0 fully saturated rings. The lowest BCUT2D eigenvalue weighted by Crippen LogP contribution is -2.19. The Hall–Kier alpha value is -2.04. The molecular weight excluding hydrogens is 184 g/mol. The van der Waals surface area contributed by atoms with Gasteiger partial charge in [-0.15, -0.1) is 0 Å². The number of hydrogen-bond acceptors (Lipinski definition) is 4. The molecule has 0 atom stereocenters. The molecule has 14 heavy (non-hydrogen) atoms. The average Bonchev–Trinajstić information content (AvgIpc) is 2.41. The van der Waals surface area contributed by atoms with Gasteiger partial charge in [-0.05, 0) is 12.1 Å². The smallest absolute Gasteiger partial charge is 0.259 e. The molecule has 1 heterocycles. The third kappa shape index (κ3) is 1.02. The highest BCUT2D eigenvalue weighted by Crippen LogP contribution is 2.28. The second-order valence-corrected chi connectivity index (χ2v) is 2.92. The third-order valence-electron chi connectivity index (χ3n) is 2.09. The van der Waals surface area contributed by atoms with Crippen molar-refractivity contribution in [1.29, 1.82) is 0 Å². The topological polar surface area (TPSA) is 81.4 Å². The first-order valence-electron chi connectivity index (χ1n) is 3.96. The van der Waals surface area contributed by atoms with E-state index in [1.165, 1.54) is 19.2 Å². The normalized spacial score (nSPS) is 13.8. The van der Waals surface area contributed by atoms with Crippen molar-refractivity contribution in [3.05, 3.63) is 23.3 Å². The van der Waals surface area contributed by atoms with Crippen molar-refractivity contribution in [2.45, 2.75) is 0 Å². The number of hydrogen-bond donors (Lipinski definition) is 2. The van der Waals surface area contributed by atoms with Gasteiger partial charge in [-0.25, -0.2) is 0 Å². The number of nitrogen functional groups attached to an aromatic ring is 1. The van der Waals surface area contributed by atoms with Crippen LogP contribution >= 0.6 is 0 Å². The Morgan fingerprint density at radius 2 is 1.79 bits per heavy atom. The summed E-state index contributed by atoms with van der Waals surface area (Å²) in [6.45, 7) is 0. The SMILES string of the molecule is COc1cc2c(cc1N)C(=O)NC2=O. The lowest BCUT2D eigenvalue weighted by molar-refractivity contribution is 0.0879. The molecule has 0 saturated carbocycles. The van der Waals surface area contributed by atoms with Gasteiger partial charge in [0.1, 0.15) is 5.75 Å². The molecule has 3 N–H and O–H groups in total. The minimum Gasteiger partial charge on any atom is -0.495 e. The van der Waals surface area contributed by atoms with Gasteiger partial charge in [0.2, 0.25) is 0 Å². The molecule has 0 aliphatic carbocycles. The van der Waals surface area contributed by atoms with Gasteiger partial charge >= 0.3 is 0 Å². The first-order chi connectivity index (χ1) is 6.63. The van der Waals surface area contributed by atoms with Crippen LogP contribution in [0.15, 0.2) is 12.1 Å². The first-order valence-corrected chi connectivity index (χ1v) is 3.96. The summed E-state index contributed by atoms with van der Waals surface area (Å²) in [6.07, 6.45) is 0. The van der Waals surface area contributed by atoms with Crippen molar-refractivity contribution >= 4 is 17.5 Å². The Labute approximate surface area is 79.8 Å². The van der Waals surface area contributed by atoms with Crippen molar-refractivity contribution in [2.24, 2.45) is 0 Å². The van der Waals surface area contributed by atoms with Crippen LogP contribution in [-0.2, 0) is 0 Å². The molecule has 1 aliphatic rings. The molecule has 0 aromatic heterocycles. The standard InChI is InChI=1S/C9H8N2O3/c1-14-7-3-5-4(2-6(7)10)8(12)11-9(5)13/h2-3H,10H2,1H3,(H,11,12,13). The fraction of sp³-hybridized carbons (Fsp3) is 0.111. The number of imide groups is 1. The van der Waals surface area contributed by atoms with E-state index >= 15 is 0 Å². The summed E-state index contributed by atoms with van der Waals surface area (Å²) in [6, 6.07) is 2.90. The van der Waals surface area contributed by atoms with Crippen LogP contribution in [-0.4, -0.2) is 18.9 Å². The highest BCUT2D eigenvalue weighted by atomic mass is 16.5. The molecule has 0 unspecified atom stereocenters. The number of amides is 2. The van der Waals surface area contributed by atoms with E-state index < -0.39 is 11.8 Å². The number of ether oxygens (including phenoxy) is 1. The maximum Gasteiger partial charge on any atom is 0.259 e. The molecule has 1 aromatic rings. The van der Waals surface area contributed by atoms with Crippen molar-refractivity contribution in [1.82, 2.24) is 5.32 Å². The third-order valence-corrected chi connectivity index (χ3v) is 2.09. The van der Waals surface area contributed by atoms with E-state index in [4.69, 9.17) is 10.5 Å². The Morgan fingerprint density at radius 1 is 1.21 bits per heavy atom. The van der Waals surface area contributed by atoms with Crippen LogP contribution in [0, 0.1) is 0 Å². The number of rotatable bonds is 1. The van der Waals surface area contributed by atoms with E-state index in [2.05, 4.69) is 5.32 Å². The van der Waals surface area contributed by atoms with Gasteiger partial charge in [0.05, 0.1) is 23.9 Å². The Bertz CT molecular complexity index is 440. The van der Waals surface area contributed by atoms with Gasteiger partial charge in [-0.1, -0.05) is 0 Å². The van der Waals surface area contributed by atoms with Crippen LogP contribution in [0.1, 0.15) is 20.7 Å². The van der Waals surface area contributed by atoms with Gasteiger partial charge in [-0.3, -0.25) is 14.9 Å². The molecule has 0 spiro atoms. The van der Waals surface area contributed by atoms with Crippen LogP contribution in [0.2, 0.25) is 0 Å². The lowest BCUT2D eigenvalue weighted by atomic mass is 10.1. The second-order valence-electron chi connectivity index (χ2n) is 2.92. The summed E-state index contributed by atoms with van der Waals surface area (Å²) >= 11 is 0. The van der Waals surface area contributed by atoms with E-state index in [0.717, 1.165) is 0 Å². The number of methoxy groups -OCH3 is 1. The molecular formula is C9H8N2O3. The van der Waals surface area contributed by atoms with Crippen LogP contribution in [0.4, 0.5) is 5.69 Å². The summed E-state index contributed by atoms with van der Waals surface area (Å²) in [5.41, 5.74) is 6.54. The van der Waals surface area contributed by atoms with Crippen LogP contribution in [0.3, 0.4) is 0 Å². The highest BCUT2D eigenvalue weighted by Gasteiger charge is 2.27. The Kier molecular flexibility index (Phi) is 1.67. The monoisotopic (exact) mass is 192 g/mol. The highest BCUT2D eigenvalue weighted by molar-refractivity contribution is 6.22. The predicted molar refractivity (Wildman–Crippen MR) is 49.2 cm³/mol. The first kappa shape index (κ1) is 8.55. The molecule has 5 heteroatoms.